The molecule has 4 fully saturated rings. The van der Waals surface area contributed by atoms with Crippen LogP contribution in [0.2, 0.25) is 0 Å². The summed E-state index contributed by atoms with van der Waals surface area (Å²) < 4.78 is 68.2. The predicted octanol–water partition coefficient (Wildman–Crippen LogP) is 6.09. The molecule has 244 valence electrons. The Morgan fingerprint density at radius 3 is 2.53 bits per heavy atom. The number of aromatic nitrogens is 2. The molecular formula is C36H35F4N5O2. The van der Waals surface area contributed by atoms with Crippen LogP contribution in [0.5, 0.6) is 11.8 Å². The Kier molecular flexibility index (Phi) is 7.41. The summed E-state index contributed by atoms with van der Waals surface area (Å²) in [4.78, 5) is 13.4. The van der Waals surface area contributed by atoms with Crippen LogP contribution in [-0.4, -0.2) is 77.6 Å². The third-order valence-electron chi connectivity index (χ3n) is 10.3. The molecule has 3 aliphatic heterocycles. The second-order valence-corrected chi connectivity index (χ2v) is 13.7. The number of ether oxygens (including phenoxy) is 1. The van der Waals surface area contributed by atoms with Crippen LogP contribution in [0.4, 0.5) is 23.4 Å². The monoisotopic (exact) mass is 645 g/mol. The molecular weight excluding hydrogens is 610 g/mol. The van der Waals surface area contributed by atoms with Gasteiger partial charge in [0.2, 0.25) is 0 Å². The van der Waals surface area contributed by atoms with Crippen LogP contribution in [0.25, 0.3) is 32.8 Å². The highest BCUT2D eigenvalue weighted by molar-refractivity contribution is 6.04. The van der Waals surface area contributed by atoms with Crippen molar-refractivity contribution in [3.63, 3.8) is 0 Å². The SMILES string of the molecule is C#Cc1c(F)ccc2cc(O)cc(-c3c(F)cc4c(N5CC6CCC(C5)N6)nc(OCC5(CN6CCC[C@H](F)C6)CC5)nc4c3F)c12. The van der Waals surface area contributed by atoms with Crippen LogP contribution in [0.1, 0.15) is 44.1 Å². The molecule has 2 unspecified atom stereocenters. The number of piperidine rings is 1. The van der Waals surface area contributed by atoms with E-state index >= 15 is 8.78 Å². The lowest BCUT2D eigenvalue weighted by Gasteiger charge is -2.34. The lowest BCUT2D eigenvalue weighted by molar-refractivity contribution is 0.0974. The molecule has 2 N–H and O–H groups in total. The lowest BCUT2D eigenvalue weighted by Crippen LogP contribution is -2.51. The maximum Gasteiger partial charge on any atom is 0.319 e. The molecule has 11 heteroatoms. The second-order valence-electron chi connectivity index (χ2n) is 13.7. The molecule has 1 saturated carbocycles. The number of piperazine rings is 1. The number of hydrogen-bond donors (Lipinski definition) is 2. The molecule has 0 radical (unpaired) electrons. The highest BCUT2D eigenvalue weighted by Crippen LogP contribution is 2.47. The van der Waals surface area contributed by atoms with Gasteiger partial charge in [0.05, 0.1) is 17.7 Å². The van der Waals surface area contributed by atoms with Crippen molar-refractivity contribution in [3.8, 4) is 35.2 Å². The van der Waals surface area contributed by atoms with Crippen LogP contribution in [0.15, 0.2) is 30.3 Å². The molecule has 7 nitrogen and oxygen atoms in total. The summed E-state index contributed by atoms with van der Waals surface area (Å²) >= 11 is 0. The number of rotatable bonds is 7. The molecule has 1 aromatic heterocycles. The van der Waals surface area contributed by atoms with Gasteiger partial charge in [-0.1, -0.05) is 12.0 Å². The molecule has 3 aromatic carbocycles. The zero-order chi connectivity index (χ0) is 32.4. The first-order valence-corrected chi connectivity index (χ1v) is 16.3. The third-order valence-corrected chi connectivity index (χ3v) is 10.3. The first kappa shape index (κ1) is 30.2. The number of phenols is 1. The Morgan fingerprint density at radius 2 is 1.81 bits per heavy atom. The van der Waals surface area contributed by atoms with E-state index in [4.69, 9.17) is 16.1 Å². The highest BCUT2D eigenvalue weighted by Gasteiger charge is 2.46. The van der Waals surface area contributed by atoms with Crippen molar-refractivity contribution in [2.24, 2.45) is 5.41 Å². The molecule has 3 saturated heterocycles. The fraction of sp³-hybridized carbons (Fsp3) is 0.444. The van der Waals surface area contributed by atoms with E-state index < -0.39 is 29.2 Å². The molecule has 0 spiro atoms. The van der Waals surface area contributed by atoms with E-state index in [1.807, 2.05) is 4.90 Å². The van der Waals surface area contributed by atoms with Gasteiger partial charge < -0.3 is 20.1 Å². The number of terminal acetylenes is 1. The average molecular weight is 646 g/mol. The number of phenolic OH excluding ortho intramolecular Hbond substituents is 1. The summed E-state index contributed by atoms with van der Waals surface area (Å²) in [6.45, 7) is 3.47. The number of likely N-dealkylation sites (tertiary alicyclic amines) is 1. The zero-order valence-corrected chi connectivity index (χ0v) is 25.8. The van der Waals surface area contributed by atoms with Gasteiger partial charge in [-0.2, -0.15) is 9.97 Å². The van der Waals surface area contributed by atoms with Gasteiger partial charge in [0.1, 0.15) is 34.9 Å². The summed E-state index contributed by atoms with van der Waals surface area (Å²) in [5, 5.41) is 14.7. The number of anilines is 1. The minimum Gasteiger partial charge on any atom is -0.508 e. The minimum atomic E-state index is -0.992. The van der Waals surface area contributed by atoms with E-state index in [1.165, 1.54) is 24.3 Å². The van der Waals surface area contributed by atoms with E-state index in [0.717, 1.165) is 44.7 Å². The molecule has 4 heterocycles. The number of nitrogens with zero attached hydrogens (tertiary/aromatic N) is 4. The van der Waals surface area contributed by atoms with E-state index in [9.17, 15) is 13.9 Å². The summed E-state index contributed by atoms with van der Waals surface area (Å²) in [5.41, 5.74) is -1.05. The smallest absolute Gasteiger partial charge is 0.319 e. The Labute approximate surface area is 269 Å². The van der Waals surface area contributed by atoms with Gasteiger partial charge in [0.15, 0.2) is 5.82 Å². The molecule has 47 heavy (non-hydrogen) atoms. The van der Waals surface area contributed by atoms with Gasteiger partial charge >= 0.3 is 6.01 Å². The number of benzene rings is 3. The molecule has 2 bridgehead atoms. The largest absolute Gasteiger partial charge is 0.508 e. The predicted molar refractivity (Wildman–Crippen MR) is 172 cm³/mol. The van der Waals surface area contributed by atoms with Crippen molar-refractivity contribution in [2.75, 3.05) is 44.2 Å². The Bertz CT molecular complexity index is 1930. The number of halogens is 4. The topological polar surface area (TPSA) is 73.8 Å². The Morgan fingerprint density at radius 1 is 1.02 bits per heavy atom. The number of alkyl halides is 1. The second kappa shape index (κ2) is 11.5. The average Bonchev–Trinajstić information content (AvgIpc) is 3.73. The van der Waals surface area contributed by atoms with Gasteiger partial charge in [-0.25, -0.2) is 17.6 Å². The summed E-state index contributed by atoms with van der Waals surface area (Å²) in [6.07, 6.45) is 10.1. The van der Waals surface area contributed by atoms with Crippen molar-refractivity contribution in [1.29, 1.82) is 0 Å². The maximum absolute atomic E-state index is 16.9. The lowest BCUT2D eigenvalue weighted by atomic mass is 9.92. The van der Waals surface area contributed by atoms with E-state index in [2.05, 4.69) is 21.1 Å². The third kappa shape index (κ3) is 5.51. The standard InChI is InChI=1S/C36H35F4N5O2/c1-2-25-28(38)8-5-20-12-24(46)13-26(30(20)25)31-29(39)14-27-33(32(31)40)42-35(43-34(27)45-16-22-6-7-23(17-45)41-22)47-19-36(9-10-36)18-44-11-3-4-21(37)15-44/h1,5,8,12-14,21-23,41,46H,3-4,6-7,9-11,15-19H2/t21-,22?,23?/m0/s1. The van der Waals surface area contributed by atoms with E-state index in [1.54, 1.807) is 0 Å². The van der Waals surface area contributed by atoms with E-state index in [0.29, 0.717) is 43.8 Å². The van der Waals surface area contributed by atoms with Crippen molar-refractivity contribution < 1.29 is 27.4 Å². The fourth-order valence-electron chi connectivity index (χ4n) is 7.81. The van der Waals surface area contributed by atoms with Crippen LogP contribution in [0.3, 0.4) is 0 Å². The Hall–Kier alpha value is -4.14. The Balaban J connectivity index is 1.23. The van der Waals surface area contributed by atoms with Crippen LogP contribution < -0.4 is 15.0 Å². The normalized spacial score (nSPS) is 23.7. The highest BCUT2D eigenvalue weighted by atomic mass is 19.1. The first-order chi connectivity index (χ1) is 22.7. The zero-order valence-electron chi connectivity index (χ0n) is 25.8. The van der Waals surface area contributed by atoms with Crippen molar-refractivity contribution >= 4 is 27.5 Å². The summed E-state index contributed by atoms with van der Waals surface area (Å²) in [7, 11) is 0. The number of aromatic hydroxyl groups is 1. The molecule has 1 aliphatic carbocycles. The van der Waals surface area contributed by atoms with Crippen LogP contribution in [-0.2, 0) is 0 Å². The van der Waals surface area contributed by atoms with Crippen molar-refractivity contribution in [2.45, 2.75) is 56.8 Å². The quantitative estimate of drug-likeness (QED) is 0.186. The summed E-state index contributed by atoms with van der Waals surface area (Å²) in [6, 6.07) is 6.74. The fourth-order valence-corrected chi connectivity index (χ4v) is 7.81. The van der Waals surface area contributed by atoms with Gasteiger partial charge in [-0.3, -0.25) is 4.90 Å². The molecule has 0 amide bonds. The number of nitrogens with one attached hydrogen (secondary N) is 1. The number of fused-ring (bicyclic) bond motifs is 4. The summed E-state index contributed by atoms with van der Waals surface area (Å²) in [5.74, 6) is -0.206. The number of hydrogen-bond acceptors (Lipinski definition) is 7. The van der Waals surface area contributed by atoms with Gasteiger partial charge in [0.25, 0.3) is 0 Å². The molecule has 4 aliphatic rings. The molecule has 4 aromatic rings. The van der Waals surface area contributed by atoms with Crippen molar-refractivity contribution in [1.82, 2.24) is 20.2 Å². The van der Waals surface area contributed by atoms with Gasteiger partial charge in [-0.15, -0.1) is 6.42 Å². The van der Waals surface area contributed by atoms with E-state index in [-0.39, 0.29) is 63.3 Å². The van der Waals surface area contributed by atoms with Crippen molar-refractivity contribution in [3.05, 3.63) is 53.3 Å². The van der Waals surface area contributed by atoms with Crippen LogP contribution >= 0.6 is 0 Å². The maximum atomic E-state index is 16.9. The molecule has 3 atom stereocenters. The minimum absolute atomic E-state index is 0.0285. The van der Waals surface area contributed by atoms with Gasteiger partial charge in [0, 0.05) is 60.0 Å². The first-order valence-electron chi connectivity index (χ1n) is 16.3. The molecule has 8 rings (SSSR count). The van der Waals surface area contributed by atoms with Crippen LogP contribution in [0, 0.1) is 35.2 Å². The van der Waals surface area contributed by atoms with Gasteiger partial charge in [-0.05, 0) is 74.7 Å².